The highest BCUT2D eigenvalue weighted by atomic mass is 16.5. The number of nitrogens with zero attached hydrogens (tertiary/aromatic N) is 2. The molecule has 0 spiro atoms. The van der Waals surface area contributed by atoms with E-state index in [4.69, 9.17) is 4.74 Å². The maximum atomic E-state index is 9.81. The minimum Gasteiger partial charge on any atom is -0.491 e. The van der Waals surface area contributed by atoms with Gasteiger partial charge in [0, 0.05) is 31.5 Å². The Hall–Kier alpha value is -1.85. The third kappa shape index (κ3) is 5.87. The van der Waals surface area contributed by atoms with Crippen LogP contribution in [0.2, 0.25) is 0 Å². The zero-order valence-corrected chi connectivity index (χ0v) is 13.3. The first-order valence-electron chi connectivity index (χ1n) is 7.74. The molecule has 0 aliphatic heterocycles. The Kier molecular flexibility index (Phi) is 6.43. The first kappa shape index (κ1) is 16.5. The van der Waals surface area contributed by atoms with Crippen molar-refractivity contribution < 1.29 is 9.84 Å². The summed E-state index contributed by atoms with van der Waals surface area (Å²) in [6.07, 6.45) is 4.19. The molecule has 1 aromatic heterocycles. The van der Waals surface area contributed by atoms with Crippen molar-refractivity contribution in [3.8, 4) is 5.75 Å². The number of aryl methyl sites for hydroxylation is 2. The molecule has 0 bridgehead atoms. The number of rotatable bonds is 9. The van der Waals surface area contributed by atoms with Crippen LogP contribution >= 0.6 is 0 Å². The van der Waals surface area contributed by atoms with E-state index in [-0.39, 0.29) is 0 Å². The molecule has 1 aromatic carbocycles. The molecule has 0 radical (unpaired) electrons. The lowest BCUT2D eigenvalue weighted by molar-refractivity contribution is 0.104. The van der Waals surface area contributed by atoms with Gasteiger partial charge in [0.2, 0.25) is 0 Å². The van der Waals surface area contributed by atoms with Gasteiger partial charge in [0.1, 0.15) is 18.5 Å². The number of aliphatic hydroxyl groups excluding tert-OH is 1. The minimum absolute atomic E-state index is 0.298. The summed E-state index contributed by atoms with van der Waals surface area (Å²) >= 11 is 0. The van der Waals surface area contributed by atoms with Gasteiger partial charge >= 0.3 is 0 Å². The van der Waals surface area contributed by atoms with E-state index in [0.29, 0.717) is 19.2 Å². The van der Waals surface area contributed by atoms with Gasteiger partial charge in [-0.15, -0.1) is 0 Å². The Bertz CT molecular complexity index is 523. The zero-order chi connectivity index (χ0) is 15.8. The second-order valence-electron chi connectivity index (χ2n) is 5.69. The number of hydrogen-bond donors (Lipinski definition) is 2. The Morgan fingerprint density at radius 2 is 2.05 bits per heavy atom. The molecule has 0 saturated heterocycles. The van der Waals surface area contributed by atoms with Crippen molar-refractivity contribution >= 4 is 0 Å². The van der Waals surface area contributed by atoms with E-state index in [1.54, 1.807) is 6.20 Å². The summed E-state index contributed by atoms with van der Waals surface area (Å²) in [4.78, 5) is 0. The van der Waals surface area contributed by atoms with Crippen LogP contribution in [0.3, 0.4) is 0 Å². The Morgan fingerprint density at radius 3 is 2.68 bits per heavy atom. The number of benzene rings is 1. The van der Waals surface area contributed by atoms with Crippen molar-refractivity contribution in [2.24, 2.45) is 0 Å². The number of hydrogen-bond acceptors (Lipinski definition) is 4. The van der Waals surface area contributed by atoms with Crippen LogP contribution in [0.1, 0.15) is 19.4 Å². The van der Waals surface area contributed by atoms with E-state index in [0.717, 1.165) is 18.7 Å². The minimum atomic E-state index is -0.498. The maximum absolute atomic E-state index is 9.81. The molecule has 2 N–H and O–H groups in total. The van der Waals surface area contributed by atoms with Crippen molar-refractivity contribution in [2.75, 3.05) is 13.2 Å². The lowest BCUT2D eigenvalue weighted by Gasteiger charge is -2.15. The van der Waals surface area contributed by atoms with E-state index in [2.05, 4.69) is 36.4 Å². The second kappa shape index (κ2) is 8.56. The molecule has 0 aliphatic carbocycles. The van der Waals surface area contributed by atoms with Crippen LogP contribution in [0.15, 0.2) is 42.7 Å². The molecule has 2 aromatic rings. The average molecular weight is 303 g/mol. The predicted molar refractivity (Wildman–Crippen MR) is 87.0 cm³/mol. The maximum Gasteiger partial charge on any atom is 0.119 e. The molecule has 5 nitrogen and oxygen atoms in total. The summed E-state index contributed by atoms with van der Waals surface area (Å²) in [5, 5.41) is 17.2. The molecule has 0 amide bonds. The highest BCUT2D eigenvalue weighted by molar-refractivity contribution is 5.27. The number of aliphatic hydroxyl groups is 1. The fourth-order valence-electron chi connectivity index (χ4n) is 2.05. The third-order valence-corrected chi connectivity index (χ3v) is 3.32. The number of ether oxygens (including phenoxy) is 1. The molecule has 0 saturated carbocycles. The van der Waals surface area contributed by atoms with Gasteiger partial charge in [-0.05, 0) is 30.2 Å². The summed E-state index contributed by atoms with van der Waals surface area (Å²) in [7, 11) is 0. The van der Waals surface area contributed by atoms with Gasteiger partial charge in [-0.25, -0.2) is 0 Å². The van der Waals surface area contributed by atoms with Crippen LogP contribution in [0.25, 0.3) is 0 Å². The van der Waals surface area contributed by atoms with E-state index >= 15 is 0 Å². The largest absolute Gasteiger partial charge is 0.491 e. The highest BCUT2D eigenvalue weighted by Gasteiger charge is 2.06. The number of nitrogens with one attached hydrogen (secondary N) is 1. The van der Waals surface area contributed by atoms with Crippen LogP contribution in [0.4, 0.5) is 0 Å². The average Bonchev–Trinajstić information content (AvgIpc) is 3.03. The van der Waals surface area contributed by atoms with E-state index in [9.17, 15) is 5.11 Å². The van der Waals surface area contributed by atoms with E-state index in [1.807, 2.05) is 29.1 Å². The molecule has 2 rings (SSSR count). The van der Waals surface area contributed by atoms with Crippen molar-refractivity contribution in [3.05, 3.63) is 48.3 Å². The molecule has 120 valence electrons. The van der Waals surface area contributed by atoms with Crippen molar-refractivity contribution in [1.29, 1.82) is 0 Å². The van der Waals surface area contributed by atoms with Crippen LogP contribution in [-0.4, -0.2) is 40.2 Å². The van der Waals surface area contributed by atoms with Gasteiger partial charge in [0.25, 0.3) is 0 Å². The normalized spacial score (nSPS) is 12.5. The van der Waals surface area contributed by atoms with E-state index < -0.39 is 6.10 Å². The predicted octanol–water partition coefficient (Wildman–Crippen LogP) is 1.86. The molecule has 5 heteroatoms. The van der Waals surface area contributed by atoms with Crippen LogP contribution < -0.4 is 10.1 Å². The Labute approximate surface area is 131 Å². The van der Waals surface area contributed by atoms with Gasteiger partial charge in [-0.2, -0.15) is 5.10 Å². The lowest BCUT2D eigenvalue weighted by Crippen LogP contribution is -2.35. The SMILES string of the molecule is CC(C)NCC(O)COc1ccc(CCn2cccn2)cc1. The van der Waals surface area contributed by atoms with Crippen LogP contribution in [0, 0.1) is 0 Å². The molecule has 1 atom stereocenters. The molecule has 0 aliphatic rings. The van der Waals surface area contributed by atoms with Crippen molar-refractivity contribution in [3.63, 3.8) is 0 Å². The molecular weight excluding hydrogens is 278 g/mol. The van der Waals surface area contributed by atoms with Gasteiger partial charge in [0.05, 0.1) is 0 Å². The van der Waals surface area contributed by atoms with Gasteiger partial charge < -0.3 is 15.2 Å². The van der Waals surface area contributed by atoms with Crippen molar-refractivity contribution in [1.82, 2.24) is 15.1 Å². The second-order valence-corrected chi connectivity index (χ2v) is 5.69. The lowest BCUT2D eigenvalue weighted by atomic mass is 10.1. The zero-order valence-electron chi connectivity index (χ0n) is 13.3. The van der Waals surface area contributed by atoms with Crippen molar-refractivity contribution in [2.45, 2.75) is 39.0 Å². The molecule has 1 heterocycles. The van der Waals surface area contributed by atoms with E-state index in [1.165, 1.54) is 5.56 Å². The summed E-state index contributed by atoms with van der Waals surface area (Å²) in [5.74, 6) is 0.784. The summed E-state index contributed by atoms with van der Waals surface area (Å²) < 4.78 is 7.52. The summed E-state index contributed by atoms with van der Waals surface area (Å²) in [5.41, 5.74) is 1.24. The summed E-state index contributed by atoms with van der Waals surface area (Å²) in [6, 6.07) is 10.3. The van der Waals surface area contributed by atoms with Gasteiger partial charge in [0.15, 0.2) is 0 Å². The third-order valence-electron chi connectivity index (χ3n) is 3.32. The smallest absolute Gasteiger partial charge is 0.119 e. The molecule has 0 fully saturated rings. The van der Waals surface area contributed by atoms with Crippen LogP contribution in [0.5, 0.6) is 5.75 Å². The topological polar surface area (TPSA) is 59.3 Å². The molecule has 1 unspecified atom stereocenters. The standard InChI is InChI=1S/C17H25N3O2/c1-14(2)18-12-16(21)13-22-17-6-4-15(5-7-17)8-11-20-10-3-9-19-20/h3-7,9-10,14,16,18,21H,8,11-13H2,1-2H3. The van der Waals surface area contributed by atoms with Crippen LogP contribution in [-0.2, 0) is 13.0 Å². The van der Waals surface area contributed by atoms with Gasteiger partial charge in [-0.1, -0.05) is 26.0 Å². The number of aromatic nitrogens is 2. The van der Waals surface area contributed by atoms with Gasteiger partial charge in [-0.3, -0.25) is 4.68 Å². The first-order chi connectivity index (χ1) is 10.6. The highest BCUT2D eigenvalue weighted by Crippen LogP contribution is 2.13. The monoisotopic (exact) mass is 303 g/mol. The fourth-order valence-corrected chi connectivity index (χ4v) is 2.05. The Balaban J connectivity index is 1.72. The Morgan fingerprint density at radius 1 is 1.27 bits per heavy atom. The first-order valence-corrected chi connectivity index (χ1v) is 7.74. The molecule has 22 heavy (non-hydrogen) atoms. The fraction of sp³-hybridized carbons (Fsp3) is 0.471. The summed E-state index contributed by atoms with van der Waals surface area (Å²) in [6.45, 7) is 5.81. The molecular formula is C17H25N3O2. The quantitative estimate of drug-likeness (QED) is 0.742.